The molecule has 0 radical (unpaired) electrons. The molecule has 0 saturated heterocycles. The van der Waals surface area contributed by atoms with Crippen LogP contribution in [0, 0.1) is 27.7 Å². The Morgan fingerprint density at radius 1 is 1.06 bits per heavy atom. The molecule has 0 saturated carbocycles. The normalized spacial score (nSPS) is 15.1. The van der Waals surface area contributed by atoms with Gasteiger partial charge >= 0.3 is 5.97 Å². The van der Waals surface area contributed by atoms with Crippen LogP contribution in [0.1, 0.15) is 59.8 Å². The zero-order valence-electron chi connectivity index (χ0n) is 19.4. The number of hydrogen-bond acceptors (Lipinski definition) is 7. The lowest BCUT2D eigenvalue weighted by molar-refractivity contribution is 0.0605. The molecule has 8 heteroatoms. The summed E-state index contributed by atoms with van der Waals surface area (Å²) in [5.74, 6) is -0.995. The van der Waals surface area contributed by atoms with Gasteiger partial charge in [-0.05, 0) is 56.5 Å². The third-order valence-electron chi connectivity index (χ3n) is 6.24. The summed E-state index contributed by atoms with van der Waals surface area (Å²) in [5, 5.41) is 0.731. The summed E-state index contributed by atoms with van der Waals surface area (Å²) < 4.78 is 10.9. The molecule has 1 aliphatic heterocycles. The number of thiazole rings is 1. The Hall–Kier alpha value is -3.78. The van der Waals surface area contributed by atoms with E-state index in [-0.39, 0.29) is 16.8 Å². The number of anilines is 1. The van der Waals surface area contributed by atoms with Gasteiger partial charge in [-0.15, -0.1) is 0 Å². The van der Waals surface area contributed by atoms with E-state index in [1.54, 1.807) is 19.1 Å². The van der Waals surface area contributed by atoms with Crippen molar-refractivity contribution < 1.29 is 18.7 Å². The van der Waals surface area contributed by atoms with Crippen LogP contribution >= 0.6 is 11.3 Å². The molecular weight excluding hydrogens is 452 g/mol. The van der Waals surface area contributed by atoms with E-state index in [4.69, 9.17) is 9.15 Å². The van der Waals surface area contributed by atoms with Crippen LogP contribution in [0.25, 0.3) is 11.0 Å². The molecule has 0 bridgehead atoms. The highest BCUT2D eigenvalue weighted by atomic mass is 32.1. The van der Waals surface area contributed by atoms with Gasteiger partial charge in [0, 0.05) is 0 Å². The first-order valence-corrected chi connectivity index (χ1v) is 11.6. The van der Waals surface area contributed by atoms with Crippen LogP contribution in [0.5, 0.6) is 0 Å². The lowest BCUT2D eigenvalue weighted by Crippen LogP contribution is -2.29. The fourth-order valence-corrected chi connectivity index (χ4v) is 5.27. The number of benzene rings is 2. The summed E-state index contributed by atoms with van der Waals surface area (Å²) in [5.41, 5.74) is 4.58. The van der Waals surface area contributed by atoms with Gasteiger partial charge in [0.25, 0.3) is 5.91 Å². The van der Waals surface area contributed by atoms with Gasteiger partial charge in [0.05, 0.1) is 29.8 Å². The molecule has 0 spiro atoms. The van der Waals surface area contributed by atoms with E-state index in [0.717, 1.165) is 33.6 Å². The second kappa shape index (κ2) is 7.92. The molecular formula is C26H22N2O5S. The second-order valence-electron chi connectivity index (χ2n) is 8.50. The predicted octanol–water partition coefficient (Wildman–Crippen LogP) is 5.02. The Morgan fingerprint density at radius 2 is 1.74 bits per heavy atom. The minimum absolute atomic E-state index is 0.00111. The van der Waals surface area contributed by atoms with Crippen LogP contribution in [-0.4, -0.2) is 24.0 Å². The smallest absolute Gasteiger partial charge is 0.350 e. The third-order valence-corrected chi connectivity index (χ3v) is 7.38. The minimum atomic E-state index is -0.735. The first kappa shape index (κ1) is 22.0. The number of rotatable bonds is 3. The first-order valence-electron chi connectivity index (χ1n) is 10.7. The van der Waals surface area contributed by atoms with Crippen LogP contribution in [-0.2, 0) is 4.74 Å². The number of fused-ring (bicyclic) bond motifs is 2. The number of esters is 1. The highest BCUT2D eigenvalue weighted by molar-refractivity contribution is 7.17. The van der Waals surface area contributed by atoms with E-state index in [1.165, 1.54) is 12.0 Å². The highest BCUT2D eigenvalue weighted by Gasteiger charge is 2.45. The van der Waals surface area contributed by atoms with Crippen LogP contribution in [0.2, 0.25) is 0 Å². The van der Waals surface area contributed by atoms with Gasteiger partial charge in [-0.1, -0.05) is 41.2 Å². The fourth-order valence-electron chi connectivity index (χ4n) is 4.26. The lowest BCUT2D eigenvalue weighted by Gasteiger charge is -2.22. The third kappa shape index (κ3) is 3.25. The molecule has 0 fully saturated rings. The van der Waals surface area contributed by atoms with Gasteiger partial charge in [-0.25, -0.2) is 9.78 Å². The molecule has 2 aromatic heterocycles. The Morgan fingerprint density at radius 3 is 2.41 bits per heavy atom. The van der Waals surface area contributed by atoms with Gasteiger partial charge in [-0.2, -0.15) is 0 Å². The minimum Gasteiger partial charge on any atom is -0.465 e. The molecule has 0 aliphatic carbocycles. The molecule has 0 N–H and O–H groups in total. The van der Waals surface area contributed by atoms with Crippen LogP contribution in [0.15, 0.2) is 45.6 Å². The molecule has 1 amide bonds. The van der Waals surface area contributed by atoms with Gasteiger partial charge in [0.1, 0.15) is 10.5 Å². The zero-order chi connectivity index (χ0) is 24.3. The number of carbonyl (C=O) groups is 2. The van der Waals surface area contributed by atoms with Crippen LogP contribution in [0.3, 0.4) is 0 Å². The molecule has 172 valence electrons. The molecule has 2 aromatic carbocycles. The number of aryl methyl sites for hydroxylation is 4. The van der Waals surface area contributed by atoms with E-state index in [2.05, 4.69) is 4.98 Å². The molecule has 5 rings (SSSR count). The second-order valence-corrected chi connectivity index (χ2v) is 9.48. The molecule has 0 unspecified atom stereocenters. The molecule has 3 heterocycles. The molecule has 4 aromatic rings. The molecule has 1 aliphatic rings. The summed E-state index contributed by atoms with van der Waals surface area (Å²) in [6, 6.07) is 10.5. The largest absolute Gasteiger partial charge is 0.465 e. The summed E-state index contributed by atoms with van der Waals surface area (Å²) in [7, 11) is 1.30. The Labute approximate surface area is 199 Å². The number of ether oxygens (including phenoxy) is 1. The number of methoxy groups -OCH3 is 1. The zero-order valence-corrected chi connectivity index (χ0v) is 20.2. The first-order chi connectivity index (χ1) is 16.2. The summed E-state index contributed by atoms with van der Waals surface area (Å²) >= 11 is 1.06. The maximum absolute atomic E-state index is 13.8. The number of nitrogens with zero attached hydrogens (tertiary/aromatic N) is 2. The van der Waals surface area contributed by atoms with Crippen molar-refractivity contribution in [1.29, 1.82) is 0 Å². The van der Waals surface area contributed by atoms with Crippen molar-refractivity contribution in [3.8, 4) is 0 Å². The van der Waals surface area contributed by atoms with Crippen LogP contribution in [0.4, 0.5) is 5.13 Å². The molecule has 1 atom stereocenters. The average Bonchev–Trinajstić information content (AvgIpc) is 3.33. The van der Waals surface area contributed by atoms with Crippen molar-refractivity contribution in [1.82, 2.24) is 4.98 Å². The number of hydrogen-bond donors (Lipinski definition) is 0. The van der Waals surface area contributed by atoms with Gasteiger partial charge in [0.15, 0.2) is 10.6 Å². The SMILES string of the molecule is COC(=O)c1sc(N2C(=O)c3oc4cc(C)c(C)cc4c(=O)c3[C@@H]2c2ccc(C)cc2)nc1C. The van der Waals surface area contributed by atoms with Gasteiger partial charge in [0.2, 0.25) is 5.76 Å². The molecule has 34 heavy (non-hydrogen) atoms. The standard InChI is InChI=1S/C26H22N2O5S/c1-12-6-8-16(9-7-12)20-19-21(29)17-10-13(2)14(3)11-18(17)33-22(19)24(30)28(20)26-27-15(4)23(34-26)25(31)32-5/h6-11,20H,1-5H3/t20-/m0/s1. The van der Waals surface area contributed by atoms with Crippen molar-refractivity contribution in [3.63, 3.8) is 0 Å². The van der Waals surface area contributed by atoms with Gasteiger partial charge < -0.3 is 9.15 Å². The van der Waals surface area contributed by atoms with E-state index in [1.807, 2.05) is 45.0 Å². The Balaban J connectivity index is 1.79. The summed E-state index contributed by atoms with van der Waals surface area (Å²) in [4.78, 5) is 45.9. The Kier molecular flexibility index (Phi) is 5.13. The van der Waals surface area contributed by atoms with E-state index in [0.29, 0.717) is 26.7 Å². The van der Waals surface area contributed by atoms with E-state index < -0.39 is 17.9 Å². The molecule has 7 nitrogen and oxygen atoms in total. The van der Waals surface area contributed by atoms with Crippen molar-refractivity contribution in [3.05, 3.63) is 90.8 Å². The van der Waals surface area contributed by atoms with Crippen molar-refractivity contribution in [2.24, 2.45) is 0 Å². The monoisotopic (exact) mass is 474 g/mol. The topological polar surface area (TPSA) is 89.7 Å². The lowest BCUT2D eigenvalue weighted by atomic mass is 9.97. The Bertz CT molecular complexity index is 1550. The number of carbonyl (C=O) groups excluding carboxylic acids is 2. The maximum atomic E-state index is 13.8. The summed E-state index contributed by atoms with van der Waals surface area (Å²) in [6.45, 7) is 7.51. The van der Waals surface area contributed by atoms with Crippen molar-refractivity contribution in [2.75, 3.05) is 12.0 Å². The van der Waals surface area contributed by atoms with Crippen molar-refractivity contribution in [2.45, 2.75) is 33.7 Å². The van der Waals surface area contributed by atoms with Crippen molar-refractivity contribution >= 4 is 39.3 Å². The van der Waals surface area contributed by atoms with E-state index in [9.17, 15) is 14.4 Å². The number of aromatic nitrogens is 1. The van der Waals surface area contributed by atoms with E-state index >= 15 is 0 Å². The maximum Gasteiger partial charge on any atom is 0.350 e. The highest BCUT2D eigenvalue weighted by Crippen LogP contribution is 2.43. The number of amides is 1. The van der Waals surface area contributed by atoms with Crippen LogP contribution < -0.4 is 10.3 Å². The summed E-state index contributed by atoms with van der Waals surface area (Å²) in [6.07, 6.45) is 0. The average molecular weight is 475 g/mol. The van der Waals surface area contributed by atoms with Gasteiger partial charge in [-0.3, -0.25) is 14.5 Å². The fraction of sp³-hybridized carbons (Fsp3) is 0.231. The quantitative estimate of drug-likeness (QED) is 0.387. The predicted molar refractivity (Wildman–Crippen MR) is 130 cm³/mol.